The second-order valence-corrected chi connectivity index (χ2v) is 7.62. The van der Waals surface area contributed by atoms with Gasteiger partial charge in [-0.05, 0) is 30.3 Å². The van der Waals surface area contributed by atoms with Crippen LogP contribution < -0.4 is 5.43 Å². The number of nitro benzene ring substituents is 1. The first-order valence-electron chi connectivity index (χ1n) is 9.16. The van der Waals surface area contributed by atoms with Gasteiger partial charge in [0.25, 0.3) is 11.6 Å². The van der Waals surface area contributed by atoms with Crippen LogP contribution in [0.25, 0.3) is 0 Å². The fraction of sp³-hybridized carbons (Fsp3) is 0.200. The molecule has 1 atom stereocenters. The van der Waals surface area contributed by atoms with Crippen molar-refractivity contribution in [3.05, 3.63) is 73.8 Å². The van der Waals surface area contributed by atoms with Gasteiger partial charge >= 0.3 is 5.97 Å². The summed E-state index contributed by atoms with van der Waals surface area (Å²) in [6.07, 6.45) is -0.202. The lowest BCUT2D eigenvalue weighted by atomic mass is 10.1. The molecule has 1 N–H and O–H groups in total. The average molecular weight is 480 g/mol. The number of halogens is 2. The molecule has 0 aliphatic carbocycles. The van der Waals surface area contributed by atoms with Crippen LogP contribution in [0.5, 0.6) is 0 Å². The number of nitro groups is 1. The molecule has 0 saturated carbocycles. The summed E-state index contributed by atoms with van der Waals surface area (Å²) < 4.78 is 4.99. The molecule has 0 unspecified atom stereocenters. The van der Waals surface area contributed by atoms with Crippen LogP contribution in [-0.2, 0) is 14.3 Å². The molecule has 166 valence electrons. The Morgan fingerprint density at radius 2 is 1.75 bits per heavy atom. The number of carbonyl (C=O) groups excluding carboxylic acids is 4. The second-order valence-electron chi connectivity index (χ2n) is 6.81. The van der Waals surface area contributed by atoms with Crippen molar-refractivity contribution in [3.63, 3.8) is 0 Å². The number of amides is 2. The van der Waals surface area contributed by atoms with E-state index in [1.165, 1.54) is 42.5 Å². The van der Waals surface area contributed by atoms with E-state index in [2.05, 4.69) is 5.43 Å². The number of Topliss-reactive ketones (excluding diaryl/α,β-unsaturated/α-hetero) is 1. The van der Waals surface area contributed by atoms with E-state index in [-0.39, 0.29) is 39.8 Å². The molecular formula is C20H15Cl2N3O7. The summed E-state index contributed by atoms with van der Waals surface area (Å²) in [6.45, 7) is -0.715. The Morgan fingerprint density at radius 3 is 2.38 bits per heavy atom. The number of ether oxygens (including phenoxy) is 1. The highest BCUT2D eigenvalue weighted by atomic mass is 35.5. The van der Waals surface area contributed by atoms with Gasteiger partial charge in [-0.3, -0.25) is 39.7 Å². The molecular weight excluding hydrogens is 465 g/mol. The van der Waals surface area contributed by atoms with Gasteiger partial charge in [-0.2, -0.15) is 0 Å². The minimum atomic E-state index is -0.874. The summed E-state index contributed by atoms with van der Waals surface area (Å²) in [5, 5.41) is 12.1. The van der Waals surface area contributed by atoms with Crippen LogP contribution in [0.4, 0.5) is 5.69 Å². The molecule has 2 amide bonds. The zero-order valence-corrected chi connectivity index (χ0v) is 17.8. The number of carbonyl (C=O) groups is 4. The van der Waals surface area contributed by atoms with E-state index < -0.39 is 41.0 Å². The monoisotopic (exact) mass is 479 g/mol. The van der Waals surface area contributed by atoms with Crippen molar-refractivity contribution in [1.29, 1.82) is 0 Å². The van der Waals surface area contributed by atoms with Crippen LogP contribution in [0.3, 0.4) is 0 Å². The lowest BCUT2D eigenvalue weighted by Crippen LogP contribution is -2.43. The zero-order valence-electron chi connectivity index (χ0n) is 16.2. The summed E-state index contributed by atoms with van der Waals surface area (Å²) in [4.78, 5) is 58.9. The Bertz CT molecular complexity index is 1100. The number of rotatable bonds is 7. The van der Waals surface area contributed by atoms with Crippen molar-refractivity contribution < 1.29 is 28.8 Å². The van der Waals surface area contributed by atoms with Crippen molar-refractivity contribution >= 4 is 52.5 Å². The van der Waals surface area contributed by atoms with Crippen molar-refractivity contribution in [2.75, 3.05) is 13.2 Å². The van der Waals surface area contributed by atoms with Gasteiger partial charge in [0.05, 0.1) is 27.4 Å². The van der Waals surface area contributed by atoms with Gasteiger partial charge in [0, 0.05) is 29.7 Å². The Balaban J connectivity index is 1.53. The molecule has 1 aliphatic rings. The minimum Gasteiger partial charge on any atom is -0.457 e. The van der Waals surface area contributed by atoms with Crippen molar-refractivity contribution in [1.82, 2.24) is 10.4 Å². The van der Waals surface area contributed by atoms with Crippen LogP contribution in [-0.4, -0.2) is 46.7 Å². The molecule has 32 heavy (non-hydrogen) atoms. The summed E-state index contributed by atoms with van der Waals surface area (Å²) in [5.74, 6) is -3.31. The minimum absolute atomic E-state index is 0.129. The molecule has 0 radical (unpaired) electrons. The van der Waals surface area contributed by atoms with Crippen LogP contribution in [0, 0.1) is 16.0 Å². The van der Waals surface area contributed by atoms with Crippen LogP contribution in [0.2, 0.25) is 10.0 Å². The molecule has 1 saturated heterocycles. The topological polar surface area (TPSA) is 136 Å². The summed E-state index contributed by atoms with van der Waals surface area (Å²) >= 11 is 11.7. The molecule has 3 rings (SSSR count). The molecule has 0 bridgehead atoms. The standard InChI is InChI=1S/C20H15Cl2N3O7/c21-15-6-3-12(7-16(15)22)19(28)23-24-9-13(8-18(24)27)20(29)32-10-17(26)11-1-4-14(5-2-11)25(30)31/h1-7,13H,8-10H2,(H,23,28)/t13-/m1/s1. The third-order valence-electron chi connectivity index (χ3n) is 4.62. The van der Waals surface area contributed by atoms with Gasteiger partial charge in [0.1, 0.15) is 0 Å². The first-order valence-corrected chi connectivity index (χ1v) is 9.92. The Hall–Kier alpha value is -3.50. The summed E-state index contributed by atoms with van der Waals surface area (Å²) in [6, 6.07) is 9.06. The molecule has 10 nitrogen and oxygen atoms in total. The Kier molecular flexibility index (Phi) is 7.06. The van der Waals surface area contributed by atoms with Crippen molar-refractivity contribution in [3.8, 4) is 0 Å². The van der Waals surface area contributed by atoms with Gasteiger partial charge in [-0.1, -0.05) is 23.2 Å². The fourth-order valence-corrected chi connectivity index (χ4v) is 3.20. The van der Waals surface area contributed by atoms with Crippen molar-refractivity contribution in [2.45, 2.75) is 6.42 Å². The molecule has 2 aromatic rings. The largest absolute Gasteiger partial charge is 0.457 e. The molecule has 2 aromatic carbocycles. The second kappa shape index (κ2) is 9.75. The number of hydrazine groups is 1. The fourth-order valence-electron chi connectivity index (χ4n) is 2.90. The van der Waals surface area contributed by atoms with Crippen LogP contribution in [0.15, 0.2) is 42.5 Å². The lowest BCUT2D eigenvalue weighted by molar-refractivity contribution is -0.384. The quantitative estimate of drug-likeness (QED) is 0.279. The predicted octanol–water partition coefficient (Wildman–Crippen LogP) is 2.82. The molecule has 12 heteroatoms. The average Bonchev–Trinajstić information content (AvgIpc) is 3.13. The summed E-state index contributed by atoms with van der Waals surface area (Å²) in [5.41, 5.74) is 2.53. The van der Waals surface area contributed by atoms with E-state index in [9.17, 15) is 29.3 Å². The molecule has 0 aromatic heterocycles. The first-order chi connectivity index (χ1) is 15.2. The number of benzene rings is 2. The van der Waals surface area contributed by atoms with Crippen LogP contribution in [0.1, 0.15) is 27.1 Å². The van der Waals surface area contributed by atoms with Gasteiger partial charge < -0.3 is 4.74 Å². The highest BCUT2D eigenvalue weighted by Crippen LogP contribution is 2.23. The maximum absolute atomic E-state index is 12.3. The van der Waals surface area contributed by atoms with E-state index in [1.54, 1.807) is 0 Å². The molecule has 1 fully saturated rings. The zero-order chi connectivity index (χ0) is 23.4. The number of hydrogen-bond donors (Lipinski definition) is 1. The molecule has 1 aliphatic heterocycles. The van der Waals surface area contributed by atoms with Crippen molar-refractivity contribution in [2.24, 2.45) is 5.92 Å². The Morgan fingerprint density at radius 1 is 1.09 bits per heavy atom. The summed E-state index contributed by atoms with van der Waals surface area (Å²) in [7, 11) is 0. The number of non-ortho nitro benzene ring substituents is 1. The van der Waals surface area contributed by atoms with Crippen LogP contribution >= 0.6 is 23.2 Å². The maximum atomic E-state index is 12.3. The lowest BCUT2D eigenvalue weighted by Gasteiger charge is -2.17. The Labute approximate surface area is 191 Å². The van der Waals surface area contributed by atoms with Gasteiger partial charge in [-0.15, -0.1) is 0 Å². The third-order valence-corrected chi connectivity index (χ3v) is 5.36. The van der Waals surface area contributed by atoms with Gasteiger partial charge in [0.15, 0.2) is 12.4 Å². The van der Waals surface area contributed by atoms with E-state index >= 15 is 0 Å². The van der Waals surface area contributed by atoms with E-state index in [0.717, 1.165) is 5.01 Å². The molecule has 1 heterocycles. The number of nitrogens with one attached hydrogen (secondary N) is 1. The van der Waals surface area contributed by atoms with Gasteiger partial charge in [-0.25, -0.2) is 0 Å². The maximum Gasteiger partial charge on any atom is 0.311 e. The molecule has 0 spiro atoms. The first kappa shape index (κ1) is 23.2. The number of nitrogens with zero attached hydrogens (tertiary/aromatic N) is 2. The van der Waals surface area contributed by atoms with E-state index in [4.69, 9.17) is 27.9 Å². The van der Waals surface area contributed by atoms with Gasteiger partial charge in [0.2, 0.25) is 5.91 Å². The normalized spacial score (nSPS) is 15.4. The number of esters is 1. The van der Waals surface area contributed by atoms with E-state index in [1.807, 2.05) is 0 Å². The highest BCUT2D eigenvalue weighted by molar-refractivity contribution is 6.42. The number of ketones is 1. The number of hydrogen-bond acceptors (Lipinski definition) is 7. The highest BCUT2D eigenvalue weighted by Gasteiger charge is 2.36. The third kappa shape index (κ3) is 5.40. The SMILES string of the molecule is O=C(COC(=O)[C@@H]1CC(=O)N(NC(=O)c2ccc(Cl)c(Cl)c2)C1)c1ccc([N+](=O)[O-])cc1. The smallest absolute Gasteiger partial charge is 0.311 e. The van der Waals surface area contributed by atoms with E-state index in [0.29, 0.717) is 0 Å². The predicted molar refractivity (Wildman–Crippen MR) is 112 cm³/mol.